The van der Waals surface area contributed by atoms with Crippen LogP contribution in [0.1, 0.15) is 80.1 Å². The summed E-state index contributed by atoms with van der Waals surface area (Å²) < 4.78 is 28.8. The maximum absolute atomic E-state index is 12.9. The summed E-state index contributed by atoms with van der Waals surface area (Å²) in [6, 6.07) is 26.8. The summed E-state index contributed by atoms with van der Waals surface area (Å²) in [6.45, 7) is 25.7. The number of benzene rings is 4. The molecular formula is C52H53N5O5Si. The molecule has 2 saturated carbocycles. The number of ether oxygens (including phenoxy) is 4. The van der Waals surface area contributed by atoms with Gasteiger partial charge in [0, 0.05) is 29.2 Å². The van der Waals surface area contributed by atoms with Crippen LogP contribution in [-0.2, 0) is 9.47 Å². The van der Waals surface area contributed by atoms with E-state index in [2.05, 4.69) is 51.4 Å². The summed E-state index contributed by atoms with van der Waals surface area (Å²) in [4.78, 5) is 24.1. The van der Waals surface area contributed by atoms with E-state index in [1.807, 2.05) is 79.0 Å². The molecule has 0 spiro atoms. The Bertz CT molecular complexity index is 2560. The lowest BCUT2D eigenvalue weighted by Crippen LogP contribution is -2.53. The van der Waals surface area contributed by atoms with Crippen molar-refractivity contribution in [3.63, 3.8) is 0 Å². The zero-order chi connectivity index (χ0) is 44.2. The van der Waals surface area contributed by atoms with Gasteiger partial charge in [-0.25, -0.2) is 9.69 Å². The summed E-state index contributed by atoms with van der Waals surface area (Å²) in [7, 11) is -1.21. The van der Waals surface area contributed by atoms with Crippen molar-refractivity contribution in [2.75, 3.05) is 13.2 Å². The van der Waals surface area contributed by atoms with Crippen LogP contribution < -0.4 is 9.47 Å². The number of fused-ring (bicyclic) bond motifs is 8. The summed E-state index contributed by atoms with van der Waals surface area (Å²) in [5.74, 6) is 4.15. The number of rotatable bonds is 5. The van der Waals surface area contributed by atoms with Crippen molar-refractivity contribution in [1.82, 2.24) is 0 Å². The molecule has 0 aromatic heterocycles. The predicted molar refractivity (Wildman–Crippen MR) is 249 cm³/mol. The second-order valence-electron chi connectivity index (χ2n) is 18.6. The van der Waals surface area contributed by atoms with Gasteiger partial charge in [0.15, 0.2) is 25.4 Å². The van der Waals surface area contributed by atoms with Crippen molar-refractivity contribution in [3.8, 4) is 39.9 Å². The molecule has 6 fully saturated rings. The van der Waals surface area contributed by atoms with E-state index < -0.39 is 8.24 Å². The minimum absolute atomic E-state index is 0.00919. The SMILES string of the molecule is C=C=N[Si](C)(C)C.[C-]#[N+]c1cccc(-c2ccc3c(c2)C(=NC#N)CC(C24CCC(CC2)OC4)O3)c1.[C-]#[N+]c1cccc(-c2ccc3c(c2)C(=O)CC(C24CCC(CC2)OC4)O3)c1. The number of nitrogens with zero attached hydrogens (tertiary/aromatic N) is 5. The van der Waals surface area contributed by atoms with Crippen molar-refractivity contribution in [3.05, 3.63) is 125 Å². The largest absolute Gasteiger partial charge is 0.489 e. The number of hydrogen-bond acceptors (Lipinski definition) is 8. The molecule has 2 atom stereocenters. The predicted octanol–water partition coefficient (Wildman–Crippen LogP) is 12.2. The van der Waals surface area contributed by atoms with Gasteiger partial charge in [0.1, 0.15) is 23.7 Å². The van der Waals surface area contributed by atoms with Crippen LogP contribution in [0.3, 0.4) is 0 Å². The summed E-state index contributed by atoms with van der Waals surface area (Å²) in [5.41, 5.74) is 7.36. The highest BCUT2D eigenvalue weighted by Crippen LogP contribution is 2.51. The molecule has 2 aliphatic carbocycles. The van der Waals surface area contributed by atoms with Gasteiger partial charge in [-0.15, -0.1) is 0 Å². The van der Waals surface area contributed by atoms with Crippen LogP contribution in [0.5, 0.6) is 11.5 Å². The van der Waals surface area contributed by atoms with Crippen LogP contribution in [0.25, 0.3) is 31.9 Å². The van der Waals surface area contributed by atoms with E-state index in [1.54, 1.807) is 12.1 Å². The molecule has 8 aliphatic rings. The molecule has 0 radical (unpaired) electrons. The van der Waals surface area contributed by atoms with Gasteiger partial charge in [-0.1, -0.05) is 48.5 Å². The van der Waals surface area contributed by atoms with Crippen molar-refractivity contribution in [1.29, 1.82) is 5.26 Å². The van der Waals surface area contributed by atoms with E-state index in [0.29, 0.717) is 54.3 Å². The highest BCUT2D eigenvalue weighted by atomic mass is 28.3. The first-order chi connectivity index (χ1) is 30.4. The Kier molecular flexibility index (Phi) is 12.6. The Balaban J connectivity index is 0.000000151. The third-order valence-electron chi connectivity index (χ3n) is 13.5. The molecule has 2 unspecified atom stereocenters. The van der Waals surface area contributed by atoms with Crippen LogP contribution in [0.2, 0.25) is 19.6 Å². The molecule has 63 heavy (non-hydrogen) atoms. The van der Waals surface area contributed by atoms with E-state index in [9.17, 15) is 10.1 Å². The number of aliphatic imine (C=N–C) groups is 1. The first-order valence-electron chi connectivity index (χ1n) is 22.0. The van der Waals surface area contributed by atoms with Gasteiger partial charge in [0.2, 0.25) is 6.19 Å². The second-order valence-corrected chi connectivity index (χ2v) is 23.2. The monoisotopic (exact) mass is 855 g/mol. The minimum atomic E-state index is -1.21. The van der Waals surface area contributed by atoms with E-state index >= 15 is 0 Å². The van der Waals surface area contributed by atoms with E-state index in [-0.39, 0.29) is 28.8 Å². The number of hydrogen-bond donors (Lipinski definition) is 0. The van der Waals surface area contributed by atoms with Crippen molar-refractivity contribution in [2.24, 2.45) is 20.5 Å². The molecule has 0 amide bonds. The average Bonchev–Trinajstić information content (AvgIpc) is 3.32. The minimum Gasteiger partial charge on any atom is -0.489 e. The van der Waals surface area contributed by atoms with Gasteiger partial charge in [0.05, 0.1) is 49.8 Å². The smallest absolute Gasteiger partial charge is 0.205 e. The Hall–Kier alpha value is -6.12. The molecule has 10 nitrogen and oxygen atoms in total. The van der Waals surface area contributed by atoms with Gasteiger partial charge < -0.3 is 18.9 Å². The summed E-state index contributed by atoms with van der Waals surface area (Å²) >= 11 is 0. The number of nitriles is 1. The van der Waals surface area contributed by atoms with Gasteiger partial charge in [-0.05, 0) is 142 Å². The first kappa shape index (κ1) is 43.5. The molecular weight excluding hydrogens is 803 g/mol. The molecule has 0 N–H and O–H groups in total. The van der Waals surface area contributed by atoms with E-state index in [0.717, 1.165) is 97.3 Å². The Morgan fingerprint density at radius 3 is 1.60 bits per heavy atom. The molecule has 4 bridgehead atoms. The standard InChI is InChI=1S/C24H21N3O2.C23H21NO3.C5H11NSi/c1-26-18-4-2-3-16(11-18)17-5-6-22-20(12-17)21(27-15-25)13-23(29-22)24-9-7-19(8-10-24)28-14-24;1-24-17-4-2-3-15(11-17)16-5-6-21-19(12-16)20(25)13-22(27-21)23-9-7-18(8-10-23)26-14-23;1-5-6-7(2,3)4/h2-6,11-12,19,23H,7-10,13-14H2;2-6,11-12,18,22H,7-10,13-14H2;1H2,2-4H3. The molecule has 4 aromatic carbocycles. The highest BCUT2D eigenvalue weighted by Gasteiger charge is 2.51. The molecule has 6 aliphatic heterocycles. The van der Waals surface area contributed by atoms with Gasteiger partial charge in [-0.2, -0.15) is 10.3 Å². The van der Waals surface area contributed by atoms with Crippen LogP contribution in [-0.4, -0.2) is 63.2 Å². The van der Waals surface area contributed by atoms with Crippen LogP contribution >= 0.6 is 0 Å². The normalized spacial score (nSPS) is 26.8. The molecule has 6 heterocycles. The Morgan fingerprint density at radius 2 is 1.17 bits per heavy atom. The third-order valence-corrected chi connectivity index (χ3v) is 14.3. The second kappa shape index (κ2) is 18.3. The number of Topliss-reactive ketones (excluding diaryl/α,β-unsaturated/α-hetero) is 1. The number of ketones is 1. The van der Waals surface area contributed by atoms with Gasteiger partial charge >= 0.3 is 0 Å². The molecule has 12 rings (SSSR count). The van der Waals surface area contributed by atoms with Crippen molar-refractivity contribution < 1.29 is 23.7 Å². The zero-order valence-electron chi connectivity index (χ0n) is 36.4. The lowest BCUT2D eigenvalue weighted by atomic mass is 9.66. The van der Waals surface area contributed by atoms with Crippen molar-refractivity contribution in [2.45, 2.75) is 108 Å². The maximum Gasteiger partial charge on any atom is 0.205 e. The lowest BCUT2D eigenvalue weighted by molar-refractivity contribution is -0.153. The zero-order valence-corrected chi connectivity index (χ0v) is 37.4. The van der Waals surface area contributed by atoms with Crippen LogP contribution in [0.15, 0.2) is 101 Å². The number of carbonyl (C=O) groups is 1. The maximum atomic E-state index is 12.9. The van der Waals surface area contributed by atoms with Crippen LogP contribution in [0, 0.1) is 35.4 Å². The fourth-order valence-electron chi connectivity index (χ4n) is 9.97. The molecule has 4 saturated heterocycles. The molecule has 4 aromatic rings. The summed E-state index contributed by atoms with van der Waals surface area (Å²) in [5, 5.41) is 9.29. The summed E-state index contributed by atoms with van der Waals surface area (Å²) in [6.07, 6.45) is 12.5. The topological polar surface area (TPSA) is 111 Å². The average molecular weight is 856 g/mol. The van der Waals surface area contributed by atoms with Gasteiger partial charge in [0.25, 0.3) is 0 Å². The fraction of sp³-hybridized carbons (Fsp3) is 0.404. The highest BCUT2D eigenvalue weighted by molar-refractivity contribution is 6.75. The molecule has 11 heteroatoms. The first-order valence-corrected chi connectivity index (χ1v) is 25.4. The number of carbonyl (C=O) groups excluding carboxylic acids is 1. The van der Waals surface area contributed by atoms with E-state index in [4.69, 9.17) is 32.1 Å². The lowest BCUT2D eigenvalue weighted by Gasteiger charge is -2.51. The third kappa shape index (κ3) is 9.47. The quantitative estimate of drug-likeness (QED) is 0.0855. The Labute approximate surface area is 372 Å². The van der Waals surface area contributed by atoms with Gasteiger partial charge in [-0.3, -0.25) is 9.45 Å². The van der Waals surface area contributed by atoms with Crippen molar-refractivity contribution >= 4 is 37.0 Å². The van der Waals surface area contributed by atoms with E-state index in [1.165, 1.54) is 0 Å². The molecule has 320 valence electrons. The fourth-order valence-corrected chi connectivity index (χ4v) is 10.4. The van der Waals surface area contributed by atoms with Crippen LogP contribution in [0.4, 0.5) is 11.4 Å². The Morgan fingerprint density at radius 1 is 0.698 bits per heavy atom.